The highest BCUT2D eigenvalue weighted by atomic mass is 16.4. The summed E-state index contributed by atoms with van der Waals surface area (Å²) in [4.78, 5) is 14.1. The molecule has 0 aliphatic heterocycles. The van der Waals surface area contributed by atoms with Crippen molar-refractivity contribution in [3.8, 4) is 0 Å². The van der Waals surface area contributed by atoms with Crippen molar-refractivity contribution in [1.82, 2.24) is 4.98 Å². The molecular formula is C12H14N2O2. The number of carboxylic acids is 1. The average molecular weight is 218 g/mol. The van der Waals surface area contributed by atoms with Crippen LogP contribution in [-0.4, -0.2) is 21.6 Å². The lowest BCUT2D eigenvalue weighted by molar-refractivity contribution is -0.142. The number of aromatic nitrogens is 1. The van der Waals surface area contributed by atoms with Crippen LogP contribution in [0, 0.1) is 0 Å². The van der Waals surface area contributed by atoms with Gasteiger partial charge in [0.2, 0.25) is 0 Å². The van der Waals surface area contributed by atoms with E-state index in [1.165, 1.54) is 6.92 Å². The lowest BCUT2D eigenvalue weighted by atomic mass is 9.97. The van der Waals surface area contributed by atoms with E-state index in [9.17, 15) is 4.79 Å². The molecule has 1 aromatic carbocycles. The molecule has 2 aromatic rings. The number of benzene rings is 1. The van der Waals surface area contributed by atoms with E-state index in [-0.39, 0.29) is 6.42 Å². The Morgan fingerprint density at radius 1 is 1.50 bits per heavy atom. The Morgan fingerprint density at radius 3 is 2.81 bits per heavy atom. The van der Waals surface area contributed by atoms with Gasteiger partial charge in [0.05, 0.1) is 0 Å². The fourth-order valence-electron chi connectivity index (χ4n) is 1.70. The van der Waals surface area contributed by atoms with Gasteiger partial charge in [0, 0.05) is 17.6 Å². The van der Waals surface area contributed by atoms with Crippen molar-refractivity contribution in [3.05, 3.63) is 36.0 Å². The number of nitrogens with two attached hydrogens (primary N) is 1. The number of H-pyrrole nitrogens is 1. The summed E-state index contributed by atoms with van der Waals surface area (Å²) in [5, 5.41) is 10.0. The van der Waals surface area contributed by atoms with Gasteiger partial charge in [-0.15, -0.1) is 0 Å². The van der Waals surface area contributed by atoms with Crippen molar-refractivity contribution in [2.45, 2.75) is 18.9 Å². The molecule has 4 N–H and O–H groups in total. The van der Waals surface area contributed by atoms with Crippen LogP contribution >= 0.6 is 0 Å². The second-order valence-corrected chi connectivity index (χ2v) is 4.28. The normalized spacial score (nSPS) is 14.9. The molecule has 1 atom stereocenters. The minimum atomic E-state index is -1.24. The van der Waals surface area contributed by atoms with Gasteiger partial charge in [0.15, 0.2) is 0 Å². The standard InChI is InChI=1S/C12H14N2O2/c1-12(13,11(15)16)7-9-6-8-4-2-3-5-10(8)14-9/h2-6,14H,7,13H2,1H3,(H,15,16). The predicted molar refractivity (Wildman–Crippen MR) is 62.2 cm³/mol. The molecule has 0 aliphatic carbocycles. The number of nitrogens with one attached hydrogen (secondary N) is 1. The molecule has 84 valence electrons. The van der Waals surface area contributed by atoms with Gasteiger partial charge in [-0.2, -0.15) is 0 Å². The molecule has 1 heterocycles. The Balaban J connectivity index is 2.32. The molecule has 4 heteroatoms. The van der Waals surface area contributed by atoms with E-state index in [4.69, 9.17) is 10.8 Å². The summed E-state index contributed by atoms with van der Waals surface area (Å²) in [6, 6.07) is 9.74. The van der Waals surface area contributed by atoms with E-state index in [2.05, 4.69) is 4.98 Å². The Kier molecular flexibility index (Phi) is 2.44. The number of hydrogen-bond donors (Lipinski definition) is 3. The molecule has 0 saturated heterocycles. The highest BCUT2D eigenvalue weighted by Gasteiger charge is 2.28. The van der Waals surface area contributed by atoms with Crippen molar-refractivity contribution in [1.29, 1.82) is 0 Å². The van der Waals surface area contributed by atoms with Crippen LogP contribution < -0.4 is 5.73 Å². The Hall–Kier alpha value is -1.81. The Morgan fingerprint density at radius 2 is 2.19 bits per heavy atom. The third-order valence-electron chi connectivity index (χ3n) is 2.63. The molecule has 4 nitrogen and oxygen atoms in total. The van der Waals surface area contributed by atoms with Crippen molar-refractivity contribution in [3.63, 3.8) is 0 Å². The molecule has 16 heavy (non-hydrogen) atoms. The minimum absolute atomic E-state index is 0.289. The van der Waals surface area contributed by atoms with Crippen molar-refractivity contribution < 1.29 is 9.90 Å². The number of aromatic amines is 1. The second kappa shape index (κ2) is 3.64. The largest absolute Gasteiger partial charge is 0.480 e. The number of carboxylic acid groups (broad SMARTS) is 1. The number of para-hydroxylation sites is 1. The van der Waals surface area contributed by atoms with Crippen molar-refractivity contribution >= 4 is 16.9 Å². The van der Waals surface area contributed by atoms with Crippen LogP contribution in [0.15, 0.2) is 30.3 Å². The van der Waals surface area contributed by atoms with Gasteiger partial charge >= 0.3 is 5.97 Å². The van der Waals surface area contributed by atoms with E-state index in [0.29, 0.717) is 0 Å². The first-order chi connectivity index (χ1) is 7.49. The van der Waals surface area contributed by atoms with Crippen LogP contribution in [0.5, 0.6) is 0 Å². The van der Waals surface area contributed by atoms with Gasteiger partial charge in [0.25, 0.3) is 0 Å². The average Bonchev–Trinajstić information content (AvgIpc) is 2.58. The van der Waals surface area contributed by atoms with Gasteiger partial charge in [-0.25, -0.2) is 0 Å². The summed E-state index contributed by atoms with van der Waals surface area (Å²) >= 11 is 0. The zero-order chi connectivity index (χ0) is 11.8. The van der Waals surface area contributed by atoms with Crippen molar-refractivity contribution in [2.75, 3.05) is 0 Å². The minimum Gasteiger partial charge on any atom is -0.480 e. The molecule has 0 aliphatic rings. The predicted octanol–water partition coefficient (Wildman–Crippen LogP) is 1.51. The summed E-state index contributed by atoms with van der Waals surface area (Å²) in [6.07, 6.45) is 0.289. The lowest BCUT2D eigenvalue weighted by Crippen LogP contribution is -2.46. The molecule has 0 fully saturated rings. The van der Waals surface area contributed by atoms with Crippen LogP contribution in [0.25, 0.3) is 10.9 Å². The van der Waals surface area contributed by atoms with E-state index >= 15 is 0 Å². The number of aliphatic carboxylic acids is 1. The molecule has 0 radical (unpaired) electrons. The summed E-state index contributed by atoms with van der Waals surface area (Å²) < 4.78 is 0. The first kappa shape index (κ1) is 10.7. The fraction of sp³-hybridized carbons (Fsp3) is 0.250. The molecule has 1 aromatic heterocycles. The first-order valence-corrected chi connectivity index (χ1v) is 5.08. The van der Waals surface area contributed by atoms with E-state index in [0.717, 1.165) is 16.6 Å². The van der Waals surface area contributed by atoms with Crippen LogP contribution in [0.1, 0.15) is 12.6 Å². The zero-order valence-corrected chi connectivity index (χ0v) is 9.03. The van der Waals surface area contributed by atoms with Gasteiger partial charge in [-0.3, -0.25) is 4.79 Å². The smallest absolute Gasteiger partial charge is 0.323 e. The highest BCUT2D eigenvalue weighted by Crippen LogP contribution is 2.18. The quantitative estimate of drug-likeness (QED) is 0.730. The zero-order valence-electron chi connectivity index (χ0n) is 9.03. The maximum Gasteiger partial charge on any atom is 0.323 e. The van der Waals surface area contributed by atoms with Crippen LogP contribution in [0.2, 0.25) is 0 Å². The molecule has 0 saturated carbocycles. The second-order valence-electron chi connectivity index (χ2n) is 4.28. The van der Waals surface area contributed by atoms with Gasteiger partial charge in [-0.1, -0.05) is 18.2 Å². The number of rotatable bonds is 3. The maximum atomic E-state index is 10.9. The van der Waals surface area contributed by atoms with Crippen LogP contribution in [0.4, 0.5) is 0 Å². The van der Waals surface area contributed by atoms with Gasteiger partial charge in [0.1, 0.15) is 5.54 Å². The summed E-state index contributed by atoms with van der Waals surface area (Å²) in [5.41, 5.74) is 6.30. The van der Waals surface area contributed by atoms with E-state index < -0.39 is 11.5 Å². The van der Waals surface area contributed by atoms with Gasteiger partial charge < -0.3 is 15.8 Å². The van der Waals surface area contributed by atoms with Crippen molar-refractivity contribution in [2.24, 2.45) is 5.73 Å². The van der Waals surface area contributed by atoms with E-state index in [1.54, 1.807) is 0 Å². The molecule has 0 spiro atoms. The Labute approximate surface area is 93.1 Å². The van der Waals surface area contributed by atoms with Gasteiger partial charge in [-0.05, 0) is 24.4 Å². The number of carbonyl (C=O) groups is 1. The Bertz CT molecular complexity index is 496. The SMILES string of the molecule is CC(N)(Cc1cc2ccccc2[nH]1)C(=O)O. The molecular weight excluding hydrogens is 204 g/mol. The fourth-order valence-corrected chi connectivity index (χ4v) is 1.70. The molecule has 1 unspecified atom stereocenters. The molecule has 0 amide bonds. The van der Waals surface area contributed by atoms with Crippen LogP contribution in [0.3, 0.4) is 0 Å². The lowest BCUT2D eigenvalue weighted by Gasteiger charge is -2.17. The summed E-state index contributed by atoms with van der Waals surface area (Å²) in [5.74, 6) is -0.994. The topological polar surface area (TPSA) is 79.1 Å². The highest BCUT2D eigenvalue weighted by molar-refractivity contribution is 5.81. The number of hydrogen-bond acceptors (Lipinski definition) is 2. The van der Waals surface area contributed by atoms with E-state index in [1.807, 2.05) is 30.3 Å². The number of fused-ring (bicyclic) bond motifs is 1. The third-order valence-corrected chi connectivity index (χ3v) is 2.63. The summed E-state index contributed by atoms with van der Waals surface area (Å²) in [6.45, 7) is 1.51. The molecule has 2 rings (SSSR count). The maximum absolute atomic E-state index is 10.9. The summed E-state index contributed by atoms with van der Waals surface area (Å²) in [7, 11) is 0. The third kappa shape index (κ3) is 1.92. The first-order valence-electron chi connectivity index (χ1n) is 5.08. The molecule has 0 bridgehead atoms. The van der Waals surface area contributed by atoms with Crippen LogP contribution in [-0.2, 0) is 11.2 Å². The monoisotopic (exact) mass is 218 g/mol.